The van der Waals surface area contributed by atoms with E-state index >= 15 is 0 Å². The number of nitrogens with one attached hydrogen (secondary N) is 1. The van der Waals surface area contributed by atoms with Gasteiger partial charge in [-0.1, -0.05) is 18.2 Å². The summed E-state index contributed by atoms with van der Waals surface area (Å²) in [6.07, 6.45) is 1.07. The number of halogens is 1. The minimum absolute atomic E-state index is 0.298. The van der Waals surface area contributed by atoms with Gasteiger partial charge >= 0.3 is 0 Å². The zero-order valence-corrected chi connectivity index (χ0v) is 13.7. The summed E-state index contributed by atoms with van der Waals surface area (Å²) >= 11 is 2.34. The maximum Gasteiger partial charge on any atom is 0.119 e. The molecule has 1 N–H and O–H groups in total. The van der Waals surface area contributed by atoms with Gasteiger partial charge < -0.3 is 10.1 Å². The van der Waals surface area contributed by atoms with Gasteiger partial charge in [-0.15, -0.1) is 0 Å². The van der Waals surface area contributed by atoms with Gasteiger partial charge in [0.05, 0.1) is 12.6 Å². The van der Waals surface area contributed by atoms with Gasteiger partial charge in [0.2, 0.25) is 0 Å². The highest BCUT2D eigenvalue weighted by Gasteiger charge is 2.21. The van der Waals surface area contributed by atoms with Crippen LogP contribution in [0.5, 0.6) is 5.75 Å². The number of fused-ring (bicyclic) bond motifs is 1. The first-order valence-electron chi connectivity index (χ1n) is 7.02. The Morgan fingerprint density at radius 2 is 2.00 bits per heavy atom. The van der Waals surface area contributed by atoms with E-state index in [1.54, 1.807) is 0 Å². The summed E-state index contributed by atoms with van der Waals surface area (Å²) in [5.74, 6) is 0.981. The monoisotopic (exact) mass is 379 g/mol. The smallest absolute Gasteiger partial charge is 0.119 e. The highest BCUT2D eigenvalue weighted by atomic mass is 127. The first-order chi connectivity index (χ1) is 9.78. The topological polar surface area (TPSA) is 21.3 Å². The summed E-state index contributed by atoms with van der Waals surface area (Å²) in [5, 5.41) is 3.62. The molecule has 3 rings (SSSR count). The molecule has 2 aromatic carbocycles. The van der Waals surface area contributed by atoms with E-state index in [2.05, 4.69) is 70.4 Å². The van der Waals surface area contributed by atoms with E-state index in [9.17, 15) is 0 Å². The maximum atomic E-state index is 5.61. The second-order valence-electron chi connectivity index (χ2n) is 4.98. The fourth-order valence-electron chi connectivity index (χ4n) is 2.75. The summed E-state index contributed by atoms with van der Waals surface area (Å²) in [4.78, 5) is 0. The summed E-state index contributed by atoms with van der Waals surface area (Å²) < 4.78 is 6.88. The Morgan fingerprint density at radius 3 is 2.75 bits per heavy atom. The van der Waals surface area contributed by atoms with Crippen molar-refractivity contribution >= 4 is 22.6 Å². The molecular weight excluding hydrogens is 361 g/mol. The molecule has 0 bridgehead atoms. The van der Waals surface area contributed by atoms with Crippen molar-refractivity contribution in [2.45, 2.75) is 19.4 Å². The molecule has 0 spiro atoms. The second kappa shape index (κ2) is 6.14. The summed E-state index contributed by atoms with van der Waals surface area (Å²) in [5.41, 5.74) is 4.11. The normalized spacial score (nSPS) is 17.6. The van der Waals surface area contributed by atoms with Crippen LogP contribution in [0.1, 0.15) is 29.7 Å². The molecule has 0 radical (unpaired) electrons. The number of hydrogen-bond donors (Lipinski definition) is 1. The van der Waals surface area contributed by atoms with E-state index in [-0.39, 0.29) is 0 Å². The standard InChI is InChI=1S/C17H18INO/c1-2-20-15-7-8-16-13(11-15)9-10-19-17(16)12-3-5-14(18)6-4-12/h3-8,11,17,19H,2,9-10H2,1H3. The maximum absolute atomic E-state index is 5.61. The minimum atomic E-state index is 0.298. The van der Waals surface area contributed by atoms with Gasteiger partial charge in [0.1, 0.15) is 5.75 Å². The van der Waals surface area contributed by atoms with Gasteiger partial charge in [-0.05, 0) is 76.9 Å². The Labute approximate surface area is 133 Å². The third-order valence-corrected chi connectivity index (χ3v) is 4.40. The SMILES string of the molecule is CCOc1ccc2c(c1)CCNC2c1ccc(I)cc1. The molecule has 0 amide bonds. The predicted octanol–water partition coefficient (Wildman–Crippen LogP) is 3.93. The van der Waals surface area contributed by atoms with Gasteiger partial charge in [-0.2, -0.15) is 0 Å². The molecule has 1 unspecified atom stereocenters. The highest BCUT2D eigenvalue weighted by Crippen LogP contribution is 2.31. The van der Waals surface area contributed by atoms with Crippen molar-refractivity contribution in [3.63, 3.8) is 0 Å². The zero-order chi connectivity index (χ0) is 13.9. The molecule has 2 aromatic rings. The van der Waals surface area contributed by atoms with E-state index in [0.717, 1.165) is 25.3 Å². The van der Waals surface area contributed by atoms with Crippen LogP contribution in [0.2, 0.25) is 0 Å². The van der Waals surface area contributed by atoms with Crippen LogP contribution in [0.3, 0.4) is 0 Å². The van der Waals surface area contributed by atoms with Crippen LogP contribution in [-0.4, -0.2) is 13.2 Å². The van der Waals surface area contributed by atoms with Crippen LogP contribution in [0.4, 0.5) is 0 Å². The van der Waals surface area contributed by atoms with Crippen LogP contribution in [-0.2, 0) is 6.42 Å². The molecule has 0 fully saturated rings. The molecular formula is C17H18INO. The van der Waals surface area contributed by atoms with Gasteiger partial charge in [0.25, 0.3) is 0 Å². The molecule has 2 nitrogen and oxygen atoms in total. The molecule has 1 atom stereocenters. The van der Waals surface area contributed by atoms with Crippen molar-refractivity contribution in [2.24, 2.45) is 0 Å². The molecule has 3 heteroatoms. The van der Waals surface area contributed by atoms with Crippen molar-refractivity contribution in [3.8, 4) is 5.75 Å². The van der Waals surface area contributed by atoms with E-state index in [1.165, 1.54) is 20.3 Å². The Bertz CT molecular complexity index is 594. The lowest BCUT2D eigenvalue weighted by Crippen LogP contribution is -2.30. The fraction of sp³-hybridized carbons (Fsp3) is 0.294. The Hall–Kier alpha value is -1.07. The largest absolute Gasteiger partial charge is 0.494 e. The second-order valence-corrected chi connectivity index (χ2v) is 6.23. The van der Waals surface area contributed by atoms with E-state index in [1.807, 2.05) is 6.92 Å². The van der Waals surface area contributed by atoms with Crippen LogP contribution in [0.15, 0.2) is 42.5 Å². The highest BCUT2D eigenvalue weighted by molar-refractivity contribution is 14.1. The van der Waals surface area contributed by atoms with Crippen LogP contribution >= 0.6 is 22.6 Å². The number of benzene rings is 2. The van der Waals surface area contributed by atoms with Crippen LogP contribution in [0, 0.1) is 3.57 Å². The predicted molar refractivity (Wildman–Crippen MR) is 90.3 cm³/mol. The first-order valence-corrected chi connectivity index (χ1v) is 8.10. The molecule has 0 aliphatic carbocycles. The van der Waals surface area contributed by atoms with Gasteiger partial charge in [-0.25, -0.2) is 0 Å². The van der Waals surface area contributed by atoms with Crippen molar-refractivity contribution in [1.82, 2.24) is 5.32 Å². The number of hydrogen-bond acceptors (Lipinski definition) is 2. The van der Waals surface area contributed by atoms with E-state index in [0.29, 0.717) is 6.04 Å². The lowest BCUT2D eigenvalue weighted by Gasteiger charge is -2.28. The van der Waals surface area contributed by atoms with E-state index in [4.69, 9.17) is 4.74 Å². The molecule has 1 heterocycles. The fourth-order valence-corrected chi connectivity index (χ4v) is 3.11. The average molecular weight is 379 g/mol. The summed E-state index contributed by atoms with van der Waals surface area (Å²) in [7, 11) is 0. The lowest BCUT2D eigenvalue weighted by atomic mass is 9.90. The Kier molecular flexibility index (Phi) is 4.27. The summed E-state index contributed by atoms with van der Waals surface area (Å²) in [6, 6.07) is 15.5. The molecule has 0 saturated carbocycles. The molecule has 1 aliphatic heterocycles. The first kappa shape index (κ1) is 13.9. The zero-order valence-electron chi connectivity index (χ0n) is 11.5. The average Bonchev–Trinajstić information content (AvgIpc) is 2.48. The molecule has 0 saturated heterocycles. The minimum Gasteiger partial charge on any atom is -0.494 e. The molecule has 20 heavy (non-hydrogen) atoms. The third kappa shape index (κ3) is 2.83. The Balaban J connectivity index is 1.95. The van der Waals surface area contributed by atoms with Gasteiger partial charge in [0, 0.05) is 10.1 Å². The Morgan fingerprint density at radius 1 is 1.20 bits per heavy atom. The molecule has 1 aliphatic rings. The molecule has 0 aromatic heterocycles. The van der Waals surface area contributed by atoms with Gasteiger partial charge in [-0.3, -0.25) is 0 Å². The number of ether oxygens (including phenoxy) is 1. The number of rotatable bonds is 3. The van der Waals surface area contributed by atoms with Gasteiger partial charge in [0.15, 0.2) is 0 Å². The van der Waals surface area contributed by atoms with Crippen molar-refractivity contribution in [3.05, 3.63) is 62.7 Å². The van der Waals surface area contributed by atoms with Crippen molar-refractivity contribution in [2.75, 3.05) is 13.2 Å². The van der Waals surface area contributed by atoms with Crippen LogP contribution < -0.4 is 10.1 Å². The van der Waals surface area contributed by atoms with E-state index < -0.39 is 0 Å². The van der Waals surface area contributed by atoms with Crippen LogP contribution in [0.25, 0.3) is 0 Å². The van der Waals surface area contributed by atoms with Crippen molar-refractivity contribution in [1.29, 1.82) is 0 Å². The lowest BCUT2D eigenvalue weighted by molar-refractivity contribution is 0.339. The van der Waals surface area contributed by atoms with Crippen molar-refractivity contribution < 1.29 is 4.74 Å². The molecule has 104 valence electrons. The third-order valence-electron chi connectivity index (χ3n) is 3.68. The quantitative estimate of drug-likeness (QED) is 0.817. The summed E-state index contributed by atoms with van der Waals surface area (Å²) in [6.45, 7) is 3.76.